The second-order valence-electron chi connectivity index (χ2n) is 7.17. The molecule has 0 unspecified atom stereocenters. The van der Waals surface area contributed by atoms with Gasteiger partial charge < -0.3 is 9.42 Å². The van der Waals surface area contributed by atoms with Crippen molar-refractivity contribution in [1.82, 2.24) is 15.0 Å². The second-order valence-corrected chi connectivity index (χ2v) is 7.17. The zero-order valence-electron chi connectivity index (χ0n) is 16.9. The molecule has 0 spiro atoms. The minimum absolute atomic E-state index is 0.224. The van der Waals surface area contributed by atoms with Crippen LogP contribution in [0.5, 0.6) is 0 Å². The smallest absolute Gasteiger partial charge is 0.253 e. The van der Waals surface area contributed by atoms with Gasteiger partial charge in [0.15, 0.2) is 0 Å². The number of carbonyl (C=O) groups excluding carboxylic acids is 1. The number of halogens is 1. The molecule has 156 valence electrons. The summed E-state index contributed by atoms with van der Waals surface area (Å²) in [6.45, 7) is 0.887. The predicted octanol–water partition coefficient (Wildman–Crippen LogP) is 4.80. The molecular formula is C25H22FN3O2. The van der Waals surface area contributed by atoms with Gasteiger partial charge in [-0.1, -0.05) is 71.9 Å². The third-order valence-electron chi connectivity index (χ3n) is 4.97. The highest BCUT2D eigenvalue weighted by Crippen LogP contribution is 2.16. The number of benzene rings is 3. The predicted molar refractivity (Wildman–Crippen MR) is 116 cm³/mol. The summed E-state index contributed by atoms with van der Waals surface area (Å²) in [4.78, 5) is 19.2. The first-order valence-electron chi connectivity index (χ1n) is 10.2. The molecule has 0 saturated carbocycles. The van der Waals surface area contributed by atoms with E-state index in [2.05, 4.69) is 10.1 Å². The fourth-order valence-corrected chi connectivity index (χ4v) is 3.32. The zero-order valence-corrected chi connectivity index (χ0v) is 16.9. The Morgan fingerprint density at radius 3 is 2.32 bits per heavy atom. The first-order chi connectivity index (χ1) is 15.2. The van der Waals surface area contributed by atoms with E-state index in [0.717, 1.165) is 11.1 Å². The van der Waals surface area contributed by atoms with E-state index in [1.165, 1.54) is 12.1 Å². The van der Waals surface area contributed by atoms with Crippen LogP contribution in [0.1, 0.15) is 21.8 Å². The Morgan fingerprint density at radius 1 is 0.871 bits per heavy atom. The first-order valence-corrected chi connectivity index (χ1v) is 10.2. The van der Waals surface area contributed by atoms with E-state index in [9.17, 15) is 9.18 Å². The summed E-state index contributed by atoms with van der Waals surface area (Å²) in [5.74, 6) is 0.315. The van der Waals surface area contributed by atoms with Crippen LogP contribution in [0.15, 0.2) is 89.5 Å². The Morgan fingerprint density at radius 2 is 1.58 bits per heavy atom. The molecule has 0 aliphatic heterocycles. The van der Waals surface area contributed by atoms with Gasteiger partial charge in [0.1, 0.15) is 5.82 Å². The number of nitrogens with zero attached hydrogens (tertiary/aromatic N) is 3. The van der Waals surface area contributed by atoms with Gasteiger partial charge in [0.25, 0.3) is 5.91 Å². The Bertz CT molecular complexity index is 1130. The van der Waals surface area contributed by atoms with E-state index >= 15 is 0 Å². The molecule has 0 N–H and O–H groups in total. The van der Waals surface area contributed by atoms with Gasteiger partial charge in [-0.05, 0) is 30.2 Å². The largest absolute Gasteiger partial charge is 0.339 e. The summed E-state index contributed by atoms with van der Waals surface area (Å²) < 4.78 is 19.0. The van der Waals surface area contributed by atoms with E-state index in [4.69, 9.17) is 4.52 Å². The number of amides is 1. The van der Waals surface area contributed by atoms with Gasteiger partial charge in [0, 0.05) is 30.6 Å². The summed E-state index contributed by atoms with van der Waals surface area (Å²) in [7, 11) is 0. The van der Waals surface area contributed by atoms with E-state index in [1.54, 1.807) is 17.0 Å². The van der Waals surface area contributed by atoms with Gasteiger partial charge in [-0.25, -0.2) is 4.39 Å². The lowest BCUT2D eigenvalue weighted by Gasteiger charge is -2.22. The third-order valence-corrected chi connectivity index (χ3v) is 4.97. The number of aromatic nitrogens is 2. The minimum atomic E-state index is -0.432. The minimum Gasteiger partial charge on any atom is -0.339 e. The van der Waals surface area contributed by atoms with Crippen LogP contribution >= 0.6 is 0 Å². The van der Waals surface area contributed by atoms with Crippen molar-refractivity contribution in [1.29, 1.82) is 0 Å². The molecular weight excluding hydrogens is 393 g/mol. The van der Waals surface area contributed by atoms with Crippen molar-refractivity contribution in [2.75, 3.05) is 13.1 Å². The van der Waals surface area contributed by atoms with Gasteiger partial charge in [-0.2, -0.15) is 4.98 Å². The van der Waals surface area contributed by atoms with Crippen LogP contribution in [0.2, 0.25) is 0 Å². The molecule has 5 nitrogen and oxygen atoms in total. The number of hydrogen-bond donors (Lipinski definition) is 0. The van der Waals surface area contributed by atoms with Crippen molar-refractivity contribution < 1.29 is 13.7 Å². The molecule has 4 rings (SSSR count). The van der Waals surface area contributed by atoms with Gasteiger partial charge in [-0.3, -0.25) is 4.79 Å². The van der Waals surface area contributed by atoms with Crippen LogP contribution < -0.4 is 0 Å². The average Bonchev–Trinajstić information content (AvgIpc) is 3.29. The highest BCUT2D eigenvalue weighted by Gasteiger charge is 2.18. The van der Waals surface area contributed by atoms with E-state index in [1.807, 2.05) is 60.7 Å². The summed E-state index contributed by atoms with van der Waals surface area (Å²) in [6, 6.07) is 25.3. The number of carbonyl (C=O) groups is 1. The fourth-order valence-electron chi connectivity index (χ4n) is 3.32. The van der Waals surface area contributed by atoms with Crippen LogP contribution in [0.25, 0.3) is 11.4 Å². The summed E-state index contributed by atoms with van der Waals surface area (Å²) in [6.07, 6.45) is 1.11. The van der Waals surface area contributed by atoms with Gasteiger partial charge >= 0.3 is 0 Å². The lowest BCUT2D eigenvalue weighted by atomic mass is 10.1. The Balaban J connectivity index is 1.47. The topological polar surface area (TPSA) is 59.2 Å². The Hall–Kier alpha value is -3.80. The van der Waals surface area contributed by atoms with Crippen molar-refractivity contribution >= 4 is 5.91 Å². The number of hydrogen-bond acceptors (Lipinski definition) is 4. The molecule has 0 aliphatic rings. The van der Waals surface area contributed by atoms with Crippen molar-refractivity contribution in [2.24, 2.45) is 0 Å². The fraction of sp³-hybridized carbons (Fsp3) is 0.160. The number of rotatable bonds is 8. The molecule has 4 aromatic rings. The molecule has 0 aliphatic carbocycles. The molecule has 6 heteroatoms. The Labute approximate surface area is 180 Å². The van der Waals surface area contributed by atoms with Crippen molar-refractivity contribution in [3.63, 3.8) is 0 Å². The first kappa shape index (κ1) is 20.5. The van der Waals surface area contributed by atoms with Crippen LogP contribution in [0.4, 0.5) is 4.39 Å². The standard InChI is InChI=1S/C25H22FN3O2/c26-22-13-7-12-21(18-22)25(30)29(16-14-19-8-3-1-4-9-19)17-15-23-27-24(28-31-23)20-10-5-2-6-11-20/h1-13,18H,14-17H2. The zero-order chi connectivity index (χ0) is 21.5. The van der Waals surface area contributed by atoms with Crippen molar-refractivity contribution in [3.8, 4) is 11.4 Å². The quantitative estimate of drug-likeness (QED) is 0.415. The lowest BCUT2D eigenvalue weighted by Crippen LogP contribution is -2.35. The normalized spacial score (nSPS) is 10.7. The SMILES string of the molecule is O=C(c1cccc(F)c1)N(CCc1ccccc1)CCc1nc(-c2ccccc2)no1. The molecule has 3 aromatic carbocycles. The average molecular weight is 415 g/mol. The monoisotopic (exact) mass is 415 g/mol. The van der Waals surface area contributed by atoms with Crippen LogP contribution in [-0.4, -0.2) is 34.0 Å². The molecule has 0 bridgehead atoms. The summed E-state index contributed by atoms with van der Waals surface area (Å²) in [5.41, 5.74) is 2.32. The molecule has 1 aromatic heterocycles. The van der Waals surface area contributed by atoms with E-state index in [-0.39, 0.29) is 5.91 Å². The lowest BCUT2D eigenvalue weighted by molar-refractivity contribution is 0.0755. The molecule has 0 saturated heterocycles. The molecule has 1 amide bonds. The summed E-state index contributed by atoms with van der Waals surface area (Å²) >= 11 is 0. The Kier molecular flexibility index (Phi) is 6.47. The molecule has 31 heavy (non-hydrogen) atoms. The summed E-state index contributed by atoms with van der Waals surface area (Å²) in [5, 5.41) is 4.03. The highest BCUT2D eigenvalue weighted by atomic mass is 19.1. The van der Waals surface area contributed by atoms with E-state index in [0.29, 0.717) is 43.2 Å². The third kappa shape index (κ3) is 5.42. The molecule has 0 atom stereocenters. The maximum absolute atomic E-state index is 13.7. The van der Waals surface area contributed by atoms with Crippen LogP contribution in [-0.2, 0) is 12.8 Å². The maximum atomic E-state index is 13.7. The van der Waals surface area contributed by atoms with Gasteiger partial charge in [-0.15, -0.1) is 0 Å². The molecule has 0 radical (unpaired) electrons. The van der Waals surface area contributed by atoms with Crippen LogP contribution in [0.3, 0.4) is 0 Å². The maximum Gasteiger partial charge on any atom is 0.253 e. The second kappa shape index (κ2) is 9.80. The van der Waals surface area contributed by atoms with Crippen molar-refractivity contribution in [3.05, 3.63) is 108 Å². The van der Waals surface area contributed by atoms with Crippen molar-refractivity contribution in [2.45, 2.75) is 12.8 Å². The van der Waals surface area contributed by atoms with Gasteiger partial charge in [0.05, 0.1) is 0 Å². The highest BCUT2D eigenvalue weighted by molar-refractivity contribution is 5.94. The van der Waals surface area contributed by atoms with E-state index < -0.39 is 5.82 Å². The molecule has 1 heterocycles. The molecule has 0 fully saturated rings. The van der Waals surface area contributed by atoms with Gasteiger partial charge in [0.2, 0.25) is 11.7 Å². The van der Waals surface area contributed by atoms with Crippen LogP contribution in [0, 0.1) is 5.82 Å².